The predicted molar refractivity (Wildman–Crippen MR) is 156 cm³/mol. The summed E-state index contributed by atoms with van der Waals surface area (Å²) < 4.78 is 107. The van der Waals surface area contributed by atoms with Gasteiger partial charge in [0.05, 0.1) is 23.0 Å². The zero-order chi connectivity index (χ0) is 33.2. The fraction of sp³-hybridized carbons (Fsp3) is 0.419. The van der Waals surface area contributed by atoms with Crippen LogP contribution in [0.4, 0.5) is 32.4 Å². The molecular weight excluding hydrogens is 634 g/mol. The van der Waals surface area contributed by atoms with E-state index in [9.17, 15) is 26.7 Å². The van der Waals surface area contributed by atoms with Crippen molar-refractivity contribution in [3.63, 3.8) is 0 Å². The second-order valence-corrected chi connectivity index (χ2v) is 12.0. The lowest BCUT2D eigenvalue weighted by molar-refractivity contribution is -0.137. The quantitative estimate of drug-likeness (QED) is 0.204. The van der Waals surface area contributed by atoms with E-state index in [4.69, 9.17) is 19.6 Å². The summed E-state index contributed by atoms with van der Waals surface area (Å²) in [6.45, 7) is 4.71. The van der Waals surface area contributed by atoms with Gasteiger partial charge in [0.15, 0.2) is 17.2 Å². The van der Waals surface area contributed by atoms with Gasteiger partial charge in [-0.2, -0.15) is 28.1 Å². The molecular formula is C31H28F6N6O4. The number of fused-ring (bicyclic) bond motifs is 3. The van der Waals surface area contributed by atoms with Gasteiger partial charge in [0.25, 0.3) is 6.01 Å². The molecule has 1 amide bonds. The SMILES string of the molecule is C=CC(=O)N1CCC(Oc2nc(OCC34CCCN3CC(F)C4)nc3c(F)c(-c4ccc(F)c5oc(N)nc45)c(C(F)(F)F)cc23)C1. The first kappa shape index (κ1) is 31.0. The molecule has 248 valence electrons. The van der Waals surface area contributed by atoms with Crippen LogP contribution in [-0.4, -0.2) is 81.3 Å². The molecule has 10 nitrogen and oxygen atoms in total. The van der Waals surface area contributed by atoms with Crippen molar-refractivity contribution in [1.82, 2.24) is 24.8 Å². The number of oxazole rings is 1. The number of anilines is 1. The van der Waals surface area contributed by atoms with Crippen molar-refractivity contribution in [2.75, 3.05) is 38.5 Å². The van der Waals surface area contributed by atoms with E-state index in [0.29, 0.717) is 32.0 Å². The van der Waals surface area contributed by atoms with Crippen molar-refractivity contribution in [3.05, 3.63) is 48.1 Å². The second-order valence-electron chi connectivity index (χ2n) is 12.0. The third-order valence-electron chi connectivity index (χ3n) is 9.10. The predicted octanol–water partition coefficient (Wildman–Crippen LogP) is 5.44. The van der Waals surface area contributed by atoms with E-state index in [1.165, 1.54) is 4.90 Å². The number of benzene rings is 2. The Kier molecular flexibility index (Phi) is 7.44. The second kappa shape index (κ2) is 11.3. The maximum Gasteiger partial charge on any atom is 0.417 e. The standard InChI is InChI=1S/C31H28F6N6O4/c1-2-21(44)42-9-6-16(13-42)46-27-18-10-19(31(35,36)37)22(17-4-5-20(33)26-25(17)39-28(38)47-26)23(34)24(18)40-29(41-27)45-14-30-7-3-8-43(30)12-15(32)11-30/h2,4-5,10,15-16H,1,3,6-9,11-14H2,(H2,38,39). The lowest BCUT2D eigenvalue weighted by Gasteiger charge is -2.30. The van der Waals surface area contributed by atoms with Gasteiger partial charge in [0.2, 0.25) is 11.8 Å². The van der Waals surface area contributed by atoms with Gasteiger partial charge < -0.3 is 24.5 Å². The van der Waals surface area contributed by atoms with Crippen molar-refractivity contribution in [2.24, 2.45) is 0 Å². The van der Waals surface area contributed by atoms with Crippen LogP contribution in [0.3, 0.4) is 0 Å². The summed E-state index contributed by atoms with van der Waals surface area (Å²) in [5.74, 6) is -3.14. The molecule has 2 N–H and O–H groups in total. The normalized spacial score (nSPS) is 23.1. The zero-order valence-corrected chi connectivity index (χ0v) is 24.7. The third-order valence-corrected chi connectivity index (χ3v) is 9.10. The summed E-state index contributed by atoms with van der Waals surface area (Å²) in [6.07, 6.45) is -3.76. The third kappa shape index (κ3) is 5.37. The molecule has 2 aromatic heterocycles. The van der Waals surface area contributed by atoms with Gasteiger partial charge in [0, 0.05) is 37.1 Å². The number of nitrogen functional groups attached to an aromatic ring is 1. The number of rotatable bonds is 7. The molecule has 47 heavy (non-hydrogen) atoms. The Morgan fingerprint density at radius 1 is 1.17 bits per heavy atom. The number of ether oxygens (including phenoxy) is 2. The smallest absolute Gasteiger partial charge is 0.417 e. The van der Waals surface area contributed by atoms with Crippen LogP contribution in [0.1, 0.15) is 31.2 Å². The van der Waals surface area contributed by atoms with Gasteiger partial charge in [-0.15, -0.1) is 0 Å². The summed E-state index contributed by atoms with van der Waals surface area (Å²) in [7, 11) is 0. The molecule has 3 saturated heterocycles. The Balaban J connectivity index is 1.38. The van der Waals surface area contributed by atoms with Gasteiger partial charge in [0.1, 0.15) is 29.9 Å². The highest BCUT2D eigenvalue weighted by atomic mass is 19.4. The Hall–Kier alpha value is -4.60. The Labute approximate surface area is 263 Å². The number of amides is 1. The first-order chi connectivity index (χ1) is 22.4. The van der Waals surface area contributed by atoms with E-state index < -0.39 is 92.2 Å². The highest BCUT2D eigenvalue weighted by molar-refractivity contribution is 5.98. The fourth-order valence-electron chi connectivity index (χ4n) is 6.97. The van der Waals surface area contributed by atoms with E-state index in [0.717, 1.165) is 24.6 Å². The average molecular weight is 663 g/mol. The number of carbonyl (C=O) groups is 1. The Bertz CT molecular complexity index is 1920. The number of likely N-dealkylation sites (tertiary alicyclic amines) is 1. The van der Waals surface area contributed by atoms with E-state index in [2.05, 4.69) is 21.5 Å². The van der Waals surface area contributed by atoms with E-state index in [1.54, 1.807) is 0 Å². The number of carbonyl (C=O) groups excluding carboxylic acids is 1. The molecule has 0 saturated carbocycles. The van der Waals surface area contributed by atoms with E-state index in [1.807, 2.05) is 4.90 Å². The first-order valence-electron chi connectivity index (χ1n) is 14.9. The number of halogens is 6. The molecule has 3 atom stereocenters. The summed E-state index contributed by atoms with van der Waals surface area (Å²) >= 11 is 0. The summed E-state index contributed by atoms with van der Waals surface area (Å²) in [6, 6.07) is 1.48. The molecule has 3 aliphatic heterocycles. The topological polar surface area (TPSA) is 120 Å². The van der Waals surface area contributed by atoms with Crippen molar-refractivity contribution in [1.29, 1.82) is 0 Å². The summed E-state index contributed by atoms with van der Waals surface area (Å²) in [5, 5.41) is -0.414. The Morgan fingerprint density at radius 3 is 2.74 bits per heavy atom. The Morgan fingerprint density at radius 2 is 1.98 bits per heavy atom. The molecule has 3 aliphatic rings. The van der Waals surface area contributed by atoms with Gasteiger partial charge in [-0.25, -0.2) is 13.2 Å². The number of aromatic nitrogens is 3. The van der Waals surface area contributed by atoms with Gasteiger partial charge in [-0.05, 0) is 43.7 Å². The minimum atomic E-state index is -5.12. The van der Waals surface area contributed by atoms with Crippen molar-refractivity contribution < 1.29 is 45.0 Å². The van der Waals surface area contributed by atoms with Crippen LogP contribution < -0.4 is 15.2 Å². The first-order valence-corrected chi connectivity index (χ1v) is 14.9. The fourth-order valence-corrected chi connectivity index (χ4v) is 6.97. The molecule has 4 aromatic rings. The van der Waals surface area contributed by atoms with Crippen LogP contribution in [0.15, 0.2) is 35.3 Å². The monoisotopic (exact) mass is 662 g/mol. The van der Waals surface area contributed by atoms with E-state index >= 15 is 4.39 Å². The molecule has 0 spiro atoms. The van der Waals surface area contributed by atoms with E-state index in [-0.39, 0.29) is 32.0 Å². The molecule has 3 fully saturated rings. The highest BCUT2D eigenvalue weighted by Crippen LogP contribution is 2.46. The number of hydrogen-bond donors (Lipinski definition) is 1. The zero-order valence-electron chi connectivity index (χ0n) is 24.7. The summed E-state index contributed by atoms with van der Waals surface area (Å²) in [5.41, 5.74) is 0.546. The lowest BCUT2D eigenvalue weighted by atomic mass is 9.95. The summed E-state index contributed by atoms with van der Waals surface area (Å²) in [4.78, 5) is 27.8. The van der Waals surface area contributed by atoms with Crippen LogP contribution in [0, 0.1) is 11.6 Å². The maximum absolute atomic E-state index is 16.7. The van der Waals surface area contributed by atoms with Gasteiger partial charge in [-0.3, -0.25) is 9.69 Å². The highest BCUT2D eigenvalue weighted by Gasteiger charge is 2.49. The number of nitrogens with two attached hydrogens (primary N) is 1. The molecule has 7 rings (SSSR count). The van der Waals surface area contributed by atoms with Gasteiger partial charge >= 0.3 is 12.2 Å². The van der Waals surface area contributed by atoms with Crippen LogP contribution in [0.25, 0.3) is 33.1 Å². The number of hydrogen-bond acceptors (Lipinski definition) is 9. The largest absolute Gasteiger partial charge is 0.472 e. The molecule has 5 heterocycles. The van der Waals surface area contributed by atoms with Gasteiger partial charge in [-0.1, -0.05) is 6.58 Å². The van der Waals surface area contributed by atoms with Crippen molar-refractivity contribution in [2.45, 2.75) is 49.7 Å². The molecule has 2 aromatic carbocycles. The van der Waals surface area contributed by atoms with Crippen LogP contribution in [0.5, 0.6) is 11.9 Å². The molecule has 0 aliphatic carbocycles. The van der Waals surface area contributed by atoms with Crippen LogP contribution in [0.2, 0.25) is 0 Å². The number of nitrogens with zero attached hydrogens (tertiary/aromatic N) is 5. The molecule has 0 bridgehead atoms. The average Bonchev–Trinajstić information content (AvgIpc) is 3.79. The minimum Gasteiger partial charge on any atom is -0.472 e. The molecule has 16 heteroatoms. The lowest BCUT2D eigenvalue weighted by Crippen LogP contribution is -2.43. The van der Waals surface area contributed by atoms with Crippen LogP contribution >= 0.6 is 0 Å². The minimum absolute atomic E-state index is 0.0463. The number of alkyl halides is 4. The molecule has 3 unspecified atom stereocenters. The molecule has 0 radical (unpaired) electrons. The van der Waals surface area contributed by atoms with Crippen molar-refractivity contribution in [3.8, 4) is 23.0 Å². The van der Waals surface area contributed by atoms with Crippen LogP contribution in [-0.2, 0) is 11.0 Å². The maximum atomic E-state index is 16.7. The van der Waals surface area contributed by atoms with Crippen molar-refractivity contribution >= 4 is 33.9 Å².